The second-order valence-electron chi connectivity index (χ2n) is 4.35. The fourth-order valence-electron chi connectivity index (χ4n) is 1.39. The van der Waals surface area contributed by atoms with Crippen molar-refractivity contribution in [1.29, 1.82) is 5.26 Å². The van der Waals surface area contributed by atoms with Crippen molar-refractivity contribution in [2.24, 2.45) is 5.92 Å². The zero-order valence-electron chi connectivity index (χ0n) is 11.4. The number of carbonyl (C=O) groups excluding carboxylic acids is 2. The van der Waals surface area contributed by atoms with Gasteiger partial charge in [-0.25, -0.2) is 0 Å². The van der Waals surface area contributed by atoms with Gasteiger partial charge < -0.3 is 9.64 Å². The summed E-state index contributed by atoms with van der Waals surface area (Å²) in [5, 5.41) is 11.3. The molecule has 102 valence electrons. The van der Waals surface area contributed by atoms with Crippen molar-refractivity contribution in [3.63, 3.8) is 0 Å². The first-order valence-electron chi connectivity index (χ1n) is 5.86. The van der Waals surface area contributed by atoms with Crippen LogP contribution >= 0.6 is 0 Å². The van der Waals surface area contributed by atoms with Gasteiger partial charge in [0.15, 0.2) is 0 Å². The van der Waals surface area contributed by atoms with Crippen LogP contribution in [0.5, 0.6) is 0 Å². The molecule has 0 fully saturated rings. The van der Waals surface area contributed by atoms with Crippen molar-refractivity contribution >= 4 is 11.9 Å². The van der Waals surface area contributed by atoms with E-state index in [4.69, 9.17) is 5.26 Å². The number of hydrogen-bond donors (Lipinski definition) is 1. The molecule has 0 saturated carbocycles. The molecule has 0 heterocycles. The SMILES string of the molecule is COC(=O)C(NCC(=O)N(C)CCC#N)C(C)C. The van der Waals surface area contributed by atoms with Gasteiger partial charge in [-0.1, -0.05) is 13.8 Å². The predicted molar refractivity (Wildman–Crippen MR) is 66.5 cm³/mol. The van der Waals surface area contributed by atoms with E-state index in [2.05, 4.69) is 10.1 Å². The Labute approximate surface area is 108 Å². The van der Waals surface area contributed by atoms with Gasteiger partial charge in [-0.3, -0.25) is 14.9 Å². The number of hydrogen-bond acceptors (Lipinski definition) is 5. The quantitative estimate of drug-likeness (QED) is 0.655. The Hall–Kier alpha value is -1.61. The topological polar surface area (TPSA) is 82.4 Å². The number of nitrogens with zero attached hydrogens (tertiary/aromatic N) is 2. The first kappa shape index (κ1) is 16.4. The Balaban J connectivity index is 4.23. The summed E-state index contributed by atoms with van der Waals surface area (Å²) in [6.45, 7) is 4.19. The molecule has 0 aliphatic heterocycles. The van der Waals surface area contributed by atoms with Gasteiger partial charge in [-0.2, -0.15) is 5.26 Å². The largest absolute Gasteiger partial charge is 0.468 e. The molecule has 0 bridgehead atoms. The van der Waals surface area contributed by atoms with Gasteiger partial charge in [0.2, 0.25) is 5.91 Å². The van der Waals surface area contributed by atoms with E-state index < -0.39 is 6.04 Å². The molecule has 18 heavy (non-hydrogen) atoms. The van der Waals surface area contributed by atoms with Crippen molar-refractivity contribution < 1.29 is 14.3 Å². The minimum atomic E-state index is -0.497. The molecule has 1 unspecified atom stereocenters. The Morgan fingerprint density at radius 1 is 1.44 bits per heavy atom. The number of nitriles is 1. The van der Waals surface area contributed by atoms with Crippen molar-refractivity contribution in [1.82, 2.24) is 10.2 Å². The number of likely N-dealkylation sites (N-methyl/N-ethyl adjacent to an activating group) is 1. The van der Waals surface area contributed by atoms with E-state index in [9.17, 15) is 9.59 Å². The van der Waals surface area contributed by atoms with Crippen LogP contribution in [0.25, 0.3) is 0 Å². The third-order valence-electron chi connectivity index (χ3n) is 2.58. The zero-order chi connectivity index (χ0) is 14.1. The molecule has 6 heteroatoms. The third-order valence-corrected chi connectivity index (χ3v) is 2.58. The summed E-state index contributed by atoms with van der Waals surface area (Å²) in [6, 6.07) is 1.48. The maximum absolute atomic E-state index is 11.7. The van der Waals surface area contributed by atoms with Crippen LogP contribution in [-0.4, -0.2) is 50.1 Å². The van der Waals surface area contributed by atoms with Gasteiger partial charge in [-0.05, 0) is 5.92 Å². The molecule has 0 aliphatic carbocycles. The molecular weight excluding hydrogens is 234 g/mol. The number of amides is 1. The van der Waals surface area contributed by atoms with Crippen LogP contribution in [0.3, 0.4) is 0 Å². The number of esters is 1. The molecule has 0 radical (unpaired) electrons. The van der Waals surface area contributed by atoms with E-state index in [0.717, 1.165) is 0 Å². The number of carbonyl (C=O) groups is 2. The number of ether oxygens (including phenoxy) is 1. The Morgan fingerprint density at radius 2 is 2.06 bits per heavy atom. The standard InChI is InChI=1S/C12H21N3O3/c1-9(2)11(12(17)18-4)14-8-10(16)15(3)7-5-6-13/h9,11,14H,5,7-8H2,1-4H3. The van der Waals surface area contributed by atoms with Gasteiger partial charge in [0.25, 0.3) is 0 Å². The molecule has 0 aromatic carbocycles. The van der Waals surface area contributed by atoms with Crippen LogP contribution in [0.2, 0.25) is 0 Å². The normalized spacial score (nSPS) is 11.8. The predicted octanol–water partition coefficient (Wildman–Crippen LogP) is 0.146. The van der Waals surface area contributed by atoms with Crippen LogP contribution in [0, 0.1) is 17.2 Å². The fourth-order valence-corrected chi connectivity index (χ4v) is 1.39. The van der Waals surface area contributed by atoms with E-state index in [0.29, 0.717) is 13.0 Å². The fraction of sp³-hybridized carbons (Fsp3) is 0.750. The molecule has 0 spiro atoms. The summed E-state index contributed by atoms with van der Waals surface area (Å²) in [5.41, 5.74) is 0. The lowest BCUT2D eigenvalue weighted by atomic mass is 10.0. The molecule has 0 rings (SSSR count). The molecule has 0 aliphatic rings. The minimum Gasteiger partial charge on any atom is -0.468 e. The number of nitrogens with one attached hydrogen (secondary N) is 1. The lowest BCUT2D eigenvalue weighted by Gasteiger charge is -2.21. The van der Waals surface area contributed by atoms with Crippen LogP contribution < -0.4 is 5.32 Å². The lowest BCUT2D eigenvalue weighted by Crippen LogP contribution is -2.46. The summed E-state index contributed by atoms with van der Waals surface area (Å²) >= 11 is 0. The third kappa shape index (κ3) is 5.64. The maximum Gasteiger partial charge on any atom is 0.323 e. The number of methoxy groups -OCH3 is 1. The van der Waals surface area contributed by atoms with Crippen LogP contribution in [0.15, 0.2) is 0 Å². The van der Waals surface area contributed by atoms with Crippen molar-refractivity contribution in [3.05, 3.63) is 0 Å². The Morgan fingerprint density at radius 3 is 2.50 bits per heavy atom. The van der Waals surface area contributed by atoms with Crippen molar-refractivity contribution in [3.8, 4) is 6.07 Å². The summed E-state index contributed by atoms with van der Waals surface area (Å²) in [6.07, 6.45) is 0.298. The van der Waals surface area contributed by atoms with E-state index in [1.807, 2.05) is 19.9 Å². The van der Waals surface area contributed by atoms with Crippen LogP contribution in [0.4, 0.5) is 0 Å². The molecule has 1 atom stereocenters. The highest BCUT2D eigenvalue weighted by molar-refractivity contribution is 5.80. The van der Waals surface area contributed by atoms with Crippen molar-refractivity contribution in [2.75, 3.05) is 27.2 Å². The molecule has 1 N–H and O–H groups in total. The van der Waals surface area contributed by atoms with E-state index >= 15 is 0 Å². The van der Waals surface area contributed by atoms with Gasteiger partial charge in [0.1, 0.15) is 6.04 Å². The van der Waals surface area contributed by atoms with E-state index in [1.165, 1.54) is 12.0 Å². The first-order chi connectivity index (χ1) is 8.43. The monoisotopic (exact) mass is 255 g/mol. The van der Waals surface area contributed by atoms with Gasteiger partial charge in [0.05, 0.1) is 26.1 Å². The second-order valence-corrected chi connectivity index (χ2v) is 4.35. The first-order valence-corrected chi connectivity index (χ1v) is 5.86. The highest BCUT2D eigenvalue weighted by atomic mass is 16.5. The van der Waals surface area contributed by atoms with Crippen molar-refractivity contribution in [2.45, 2.75) is 26.3 Å². The molecule has 6 nitrogen and oxygen atoms in total. The average Bonchev–Trinajstić information content (AvgIpc) is 2.34. The highest BCUT2D eigenvalue weighted by Crippen LogP contribution is 2.03. The smallest absolute Gasteiger partial charge is 0.323 e. The highest BCUT2D eigenvalue weighted by Gasteiger charge is 2.23. The Kier molecular flexibility index (Phi) is 7.72. The minimum absolute atomic E-state index is 0.0367. The molecule has 0 aromatic heterocycles. The van der Waals surface area contributed by atoms with E-state index in [-0.39, 0.29) is 24.3 Å². The Bertz CT molecular complexity index is 323. The maximum atomic E-state index is 11.7. The summed E-state index contributed by atoms with van der Waals surface area (Å²) in [5.74, 6) is -0.494. The van der Waals surface area contributed by atoms with Crippen LogP contribution in [0.1, 0.15) is 20.3 Å². The molecule has 0 aromatic rings. The summed E-state index contributed by atoms with van der Waals surface area (Å²) in [4.78, 5) is 24.6. The molecular formula is C12H21N3O3. The average molecular weight is 255 g/mol. The lowest BCUT2D eigenvalue weighted by molar-refractivity contribution is -0.144. The summed E-state index contributed by atoms with van der Waals surface area (Å²) < 4.78 is 4.66. The van der Waals surface area contributed by atoms with Gasteiger partial charge in [0, 0.05) is 13.6 Å². The molecule has 0 saturated heterocycles. The van der Waals surface area contributed by atoms with Gasteiger partial charge >= 0.3 is 5.97 Å². The zero-order valence-corrected chi connectivity index (χ0v) is 11.4. The van der Waals surface area contributed by atoms with E-state index in [1.54, 1.807) is 7.05 Å². The second kappa shape index (κ2) is 8.48. The number of rotatable bonds is 7. The van der Waals surface area contributed by atoms with Gasteiger partial charge in [-0.15, -0.1) is 0 Å². The molecule has 1 amide bonds. The van der Waals surface area contributed by atoms with Crippen LogP contribution in [-0.2, 0) is 14.3 Å². The summed E-state index contributed by atoms with van der Waals surface area (Å²) in [7, 11) is 2.95.